The molecular formula is C12H14FNO4. The molecule has 1 rings (SSSR count). The van der Waals surface area contributed by atoms with E-state index in [2.05, 4.69) is 5.32 Å². The van der Waals surface area contributed by atoms with E-state index in [4.69, 9.17) is 9.84 Å². The molecule has 2 N–H and O–H groups in total. The summed E-state index contributed by atoms with van der Waals surface area (Å²) in [5, 5.41) is 11.0. The SMILES string of the molecule is COCCCC(=O)Nc1ccc(C(=O)O)cc1F. The summed E-state index contributed by atoms with van der Waals surface area (Å²) in [5.74, 6) is -2.32. The molecule has 0 spiro atoms. The second kappa shape index (κ2) is 6.70. The summed E-state index contributed by atoms with van der Waals surface area (Å²) in [5.41, 5.74) is -0.188. The molecule has 0 aromatic heterocycles. The second-order valence-electron chi connectivity index (χ2n) is 3.64. The maximum atomic E-state index is 13.5. The zero-order valence-corrected chi connectivity index (χ0v) is 9.90. The number of rotatable bonds is 6. The molecule has 0 bridgehead atoms. The minimum Gasteiger partial charge on any atom is -0.478 e. The molecule has 0 radical (unpaired) electrons. The van der Waals surface area contributed by atoms with Crippen LogP contribution in [0.1, 0.15) is 23.2 Å². The summed E-state index contributed by atoms with van der Waals surface area (Å²) in [6, 6.07) is 3.33. The summed E-state index contributed by atoms with van der Waals surface area (Å²) >= 11 is 0. The predicted molar refractivity (Wildman–Crippen MR) is 63.1 cm³/mol. The summed E-state index contributed by atoms with van der Waals surface area (Å²) in [6.07, 6.45) is 0.755. The van der Waals surface area contributed by atoms with Crippen molar-refractivity contribution in [2.75, 3.05) is 19.0 Å². The molecular weight excluding hydrogens is 241 g/mol. The third-order valence-electron chi connectivity index (χ3n) is 2.24. The van der Waals surface area contributed by atoms with Crippen molar-refractivity contribution in [2.24, 2.45) is 0 Å². The van der Waals surface area contributed by atoms with Crippen molar-refractivity contribution in [3.05, 3.63) is 29.6 Å². The Balaban J connectivity index is 2.62. The Kier molecular flexibility index (Phi) is 5.26. The van der Waals surface area contributed by atoms with Gasteiger partial charge in [-0.15, -0.1) is 0 Å². The zero-order chi connectivity index (χ0) is 13.5. The zero-order valence-electron chi connectivity index (χ0n) is 9.90. The number of carboxylic acid groups (broad SMARTS) is 1. The Morgan fingerprint density at radius 1 is 1.44 bits per heavy atom. The third-order valence-corrected chi connectivity index (χ3v) is 2.24. The van der Waals surface area contributed by atoms with Gasteiger partial charge >= 0.3 is 5.97 Å². The van der Waals surface area contributed by atoms with Crippen molar-refractivity contribution in [1.82, 2.24) is 0 Å². The average molecular weight is 255 g/mol. The third kappa shape index (κ3) is 4.14. The van der Waals surface area contributed by atoms with Crippen LogP contribution in [0.2, 0.25) is 0 Å². The standard InChI is InChI=1S/C12H14FNO4/c1-18-6-2-3-11(15)14-10-5-4-8(12(16)17)7-9(10)13/h4-5,7H,2-3,6H2,1H3,(H,14,15)(H,16,17). The van der Waals surface area contributed by atoms with Gasteiger partial charge in [-0.2, -0.15) is 0 Å². The Morgan fingerprint density at radius 3 is 2.72 bits per heavy atom. The molecule has 1 aromatic carbocycles. The van der Waals surface area contributed by atoms with Gasteiger partial charge in [0.2, 0.25) is 5.91 Å². The fraction of sp³-hybridized carbons (Fsp3) is 0.333. The number of benzene rings is 1. The van der Waals surface area contributed by atoms with Crippen LogP contribution in [0.15, 0.2) is 18.2 Å². The van der Waals surface area contributed by atoms with Gasteiger partial charge < -0.3 is 15.2 Å². The van der Waals surface area contributed by atoms with Crippen molar-refractivity contribution in [3.8, 4) is 0 Å². The number of methoxy groups -OCH3 is 1. The lowest BCUT2D eigenvalue weighted by atomic mass is 10.2. The number of ether oxygens (including phenoxy) is 1. The Morgan fingerprint density at radius 2 is 2.17 bits per heavy atom. The van der Waals surface area contributed by atoms with Gasteiger partial charge in [0.25, 0.3) is 0 Å². The monoisotopic (exact) mass is 255 g/mol. The molecule has 18 heavy (non-hydrogen) atoms. The van der Waals surface area contributed by atoms with Gasteiger partial charge in [0.05, 0.1) is 11.3 Å². The van der Waals surface area contributed by atoms with E-state index < -0.39 is 11.8 Å². The van der Waals surface area contributed by atoms with E-state index in [1.165, 1.54) is 19.2 Å². The first kappa shape index (κ1) is 14.1. The van der Waals surface area contributed by atoms with Crippen LogP contribution in [-0.4, -0.2) is 30.7 Å². The van der Waals surface area contributed by atoms with E-state index in [1.54, 1.807) is 0 Å². The molecule has 6 heteroatoms. The van der Waals surface area contributed by atoms with Crippen LogP contribution in [0.4, 0.5) is 10.1 Å². The number of halogens is 1. The van der Waals surface area contributed by atoms with Gasteiger partial charge in [-0.1, -0.05) is 0 Å². The topological polar surface area (TPSA) is 75.6 Å². The van der Waals surface area contributed by atoms with E-state index in [0.717, 1.165) is 6.07 Å². The van der Waals surface area contributed by atoms with Gasteiger partial charge in [-0.3, -0.25) is 4.79 Å². The van der Waals surface area contributed by atoms with Crippen LogP contribution < -0.4 is 5.32 Å². The summed E-state index contributed by atoms with van der Waals surface area (Å²) in [6.45, 7) is 0.452. The number of anilines is 1. The first-order valence-corrected chi connectivity index (χ1v) is 5.36. The molecule has 98 valence electrons. The van der Waals surface area contributed by atoms with Crippen LogP contribution in [0, 0.1) is 5.82 Å². The molecule has 1 aromatic rings. The van der Waals surface area contributed by atoms with Gasteiger partial charge in [-0.05, 0) is 24.6 Å². The molecule has 0 aliphatic carbocycles. The molecule has 0 aliphatic rings. The fourth-order valence-corrected chi connectivity index (χ4v) is 1.34. The average Bonchev–Trinajstić information content (AvgIpc) is 2.32. The quantitative estimate of drug-likeness (QED) is 0.761. The molecule has 0 aliphatic heterocycles. The van der Waals surface area contributed by atoms with Crippen molar-refractivity contribution >= 4 is 17.6 Å². The van der Waals surface area contributed by atoms with Gasteiger partial charge in [-0.25, -0.2) is 9.18 Å². The lowest BCUT2D eigenvalue weighted by molar-refractivity contribution is -0.116. The summed E-state index contributed by atoms with van der Waals surface area (Å²) in [4.78, 5) is 22.0. The Labute approximate surface area is 104 Å². The van der Waals surface area contributed by atoms with Crippen LogP contribution >= 0.6 is 0 Å². The smallest absolute Gasteiger partial charge is 0.335 e. The van der Waals surface area contributed by atoms with E-state index >= 15 is 0 Å². The van der Waals surface area contributed by atoms with Crippen molar-refractivity contribution in [3.63, 3.8) is 0 Å². The largest absolute Gasteiger partial charge is 0.478 e. The number of carbonyl (C=O) groups is 2. The van der Waals surface area contributed by atoms with Gasteiger partial charge in [0.15, 0.2) is 0 Å². The van der Waals surface area contributed by atoms with Crippen LogP contribution in [0.3, 0.4) is 0 Å². The normalized spacial score (nSPS) is 10.1. The van der Waals surface area contributed by atoms with Crippen LogP contribution in [0.5, 0.6) is 0 Å². The van der Waals surface area contributed by atoms with Gasteiger partial charge in [0.1, 0.15) is 5.82 Å². The maximum absolute atomic E-state index is 13.5. The lowest BCUT2D eigenvalue weighted by Crippen LogP contribution is -2.13. The summed E-state index contributed by atoms with van der Waals surface area (Å²) < 4.78 is 18.2. The molecule has 0 fully saturated rings. The molecule has 0 saturated heterocycles. The van der Waals surface area contributed by atoms with Crippen LogP contribution in [-0.2, 0) is 9.53 Å². The fourth-order valence-electron chi connectivity index (χ4n) is 1.34. The number of aromatic carboxylic acids is 1. The number of hydrogen-bond donors (Lipinski definition) is 2. The van der Waals surface area contributed by atoms with E-state index in [0.29, 0.717) is 13.0 Å². The molecule has 5 nitrogen and oxygen atoms in total. The van der Waals surface area contributed by atoms with Gasteiger partial charge in [0, 0.05) is 20.1 Å². The maximum Gasteiger partial charge on any atom is 0.335 e. The number of carbonyl (C=O) groups excluding carboxylic acids is 1. The minimum absolute atomic E-state index is 0.0255. The molecule has 0 heterocycles. The minimum atomic E-state index is -1.22. The number of hydrogen-bond acceptors (Lipinski definition) is 3. The second-order valence-corrected chi connectivity index (χ2v) is 3.64. The van der Waals surface area contributed by atoms with Crippen molar-refractivity contribution in [2.45, 2.75) is 12.8 Å². The number of carboxylic acids is 1. The lowest BCUT2D eigenvalue weighted by Gasteiger charge is -2.06. The summed E-state index contributed by atoms with van der Waals surface area (Å²) in [7, 11) is 1.53. The Bertz CT molecular complexity index is 448. The highest BCUT2D eigenvalue weighted by Gasteiger charge is 2.10. The molecule has 0 unspecified atom stereocenters. The number of amides is 1. The highest BCUT2D eigenvalue weighted by atomic mass is 19.1. The molecule has 0 saturated carbocycles. The van der Waals surface area contributed by atoms with Crippen molar-refractivity contribution < 1.29 is 23.8 Å². The Hall–Kier alpha value is -1.95. The first-order chi connectivity index (χ1) is 8.54. The highest BCUT2D eigenvalue weighted by Crippen LogP contribution is 2.16. The number of nitrogens with one attached hydrogen (secondary N) is 1. The van der Waals surface area contributed by atoms with E-state index in [1.807, 2.05) is 0 Å². The molecule has 0 atom stereocenters. The first-order valence-electron chi connectivity index (χ1n) is 5.36. The predicted octanol–water partition coefficient (Wildman–Crippen LogP) is 1.89. The highest BCUT2D eigenvalue weighted by molar-refractivity contribution is 5.92. The molecule has 1 amide bonds. The van der Waals surface area contributed by atoms with E-state index in [-0.39, 0.29) is 23.6 Å². The van der Waals surface area contributed by atoms with E-state index in [9.17, 15) is 14.0 Å². The van der Waals surface area contributed by atoms with Crippen molar-refractivity contribution in [1.29, 1.82) is 0 Å². The van der Waals surface area contributed by atoms with Crippen LogP contribution in [0.25, 0.3) is 0 Å².